The van der Waals surface area contributed by atoms with Crippen molar-refractivity contribution in [1.82, 2.24) is 14.5 Å². The Kier molecular flexibility index (Phi) is 5.25. The van der Waals surface area contributed by atoms with Crippen molar-refractivity contribution in [3.05, 3.63) is 70.8 Å². The molecule has 0 bridgehead atoms. The maximum Gasteiger partial charge on any atom is 0.121 e. The summed E-state index contributed by atoms with van der Waals surface area (Å²) in [4.78, 5) is 8.73. The molecule has 0 amide bonds. The van der Waals surface area contributed by atoms with E-state index in [9.17, 15) is 0 Å². The lowest BCUT2D eigenvalue weighted by molar-refractivity contribution is 0.282. The number of rotatable bonds is 5. The summed E-state index contributed by atoms with van der Waals surface area (Å²) in [6.07, 6.45) is 4.21. The summed E-state index contributed by atoms with van der Waals surface area (Å²) in [6, 6.07) is 12.2. The van der Waals surface area contributed by atoms with Crippen LogP contribution in [0, 0.1) is 6.92 Å². The molecule has 0 aliphatic carbocycles. The van der Waals surface area contributed by atoms with Crippen molar-refractivity contribution >= 4 is 23.0 Å². The minimum Gasteiger partial charge on any atom is -0.399 e. The lowest BCUT2D eigenvalue weighted by atomic mass is 9.97. The molecule has 2 aromatic carbocycles. The van der Waals surface area contributed by atoms with Crippen molar-refractivity contribution in [3.63, 3.8) is 0 Å². The molecule has 0 fully saturated rings. The van der Waals surface area contributed by atoms with Gasteiger partial charge in [0.2, 0.25) is 0 Å². The smallest absolute Gasteiger partial charge is 0.121 e. The van der Waals surface area contributed by atoms with E-state index in [1.807, 2.05) is 41.1 Å². The summed E-state index contributed by atoms with van der Waals surface area (Å²) in [5, 5.41) is 0.800. The molecule has 2 atom stereocenters. The van der Waals surface area contributed by atoms with E-state index in [-0.39, 0.29) is 12.2 Å². The van der Waals surface area contributed by atoms with Crippen LogP contribution in [-0.4, -0.2) is 35.1 Å². The number of halogens is 1. The fourth-order valence-corrected chi connectivity index (χ4v) is 4.61. The second-order valence-electron chi connectivity index (χ2n) is 7.81. The highest BCUT2D eigenvalue weighted by molar-refractivity contribution is 6.31. The van der Waals surface area contributed by atoms with Gasteiger partial charge in [-0.15, -0.1) is 0 Å². The molecule has 0 radical (unpaired) electrons. The van der Waals surface area contributed by atoms with Crippen LogP contribution in [0.15, 0.2) is 48.9 Å². The van der Waals surface area contributed by atoms with Gasteiger partial charge in [0.15, 0.2) is 0 Å². The molecule has 1 aromatic heterocycles. The largest absolute Gasteiger partial charge is 0.399 e. The van der Waals surface area contributed by atoms with E-state index in [1.54, 1.807) is 6.33 Å². The predicted molar refractivity (Wildman–Crippen MR) is 119 cm³/mol. The van der Waals surface area contributed by atoms with Crippen molar-refractivity contribution in [2.75, 3.05) is 31.3 Å². The predicted octanol–water partition coefficient (Wildman–Crippen LogP) is 3.89. The molecule has 7 heteroatoms. The van der Waals surface area contributed by atoms with E-state index in [4.69, 9.17) is 23.1 Å². The number of nitrogens with zero attached hydrogens (tertiary/aromatic N) is 4. The van der Waals surface area contributed by atoms with Gasteiger partial charge in [-0.1, -0.05) is 23.7 Å². The zero-order valence-corrected chi connectivity index (χ0v) is 17.8. The lowest BCUT2D eigenvalue weighted by Crippen LogP contribution is -2.41. The zero-order valence-electron chi connectivity index (χ0n) is 17.0. The topological polar surface area (TPSA) is 76.3 Å². The van der Waals surface area contributed by atoms with E-state index in [0.29, 0.717) is 0 Å². The lowest BCUT2D eigenvalue weighted by Gasteiger charge is -2.39. The summed E-state index contributed by atoms with van der Waals surface area (Å²) in [5.41, 5.74) is 18.9. The molecule has 0 saturated heterocycles. The van der Waals surface area contributed by atoms with Gasteiger partial charge >= 0.3 is 0 Å². The Morgan fingerprint density at radius 2 is 2.00 bits per heavy atom. The van der Waals surface area contributed by atoms with E-state index >= 15 is 0 Å². The highest BCUT2D eigenvalue weighted by atomic mass is 35.5. The fourth-order valence-electron chi connectivity index (χ4n) is 4.26. The van der Waals surface area contributed by atoms with Crippen molar-refractivity contribution in [2.45, 2.75) is 25.6 Å². The minimum atomic E-state index is -0.290. The first kappa shape index (κ1) is 19.8. The third kappa shape index (κ3) is 3.48. The van der Waals surface area contributed by atoms with E-state index in [2.05, 4.69) is 41.9 Å². The van der Waals surface area contributed by atoms with Gasteiger partial charge in [-0.3, -0.25) is 4.57 Å². The molecule has 1 aliphatic rings. The number of fused-ring (bicyclic) bond motifs is 3. The maximum absolute atomic E-state index is 6.65. The highest BCUT2D eigenvalue weighted by Crippen LogP contribution is 2.39. The number of anilines is 2. The highest BCUT2D eigenvalue weighted by Gasteiger charge is 2.30. The number of benzene rings is 2. The Bertz CT molecular complexity index is 1010. The minimum absolute atomic E-state index is 0.173. The Balaban J connectivity index is 1.68. The third-order valence-corrected chi connectivity index (χ3v) is 6.07. The first-order chi connectivity index (χ1) is 13.9. The molecule has 4 rings (SSSR count). The van der Waals surface area contributed by atoms with Crippen LogP contribution >= 0.6 is 11.6 Å². The normalized spacial score (nSPS) is 16.6. The number of aryl methyl sites for hydroxylation is 1. The molecule has 4 N–H and O–H groups in total. The molecule has 29 heavy (non-hydrogen) atoms. The van der Waals surface area contributed by atoms with Gasteiger partial charge in [0.05, 0.1) is 29.6 Å². The Labute approximate surface area is 176 Å². The Hall–Kier alpha value is -2.54. The van der Waals surface area contributed by atoms with Gasteiger partial charge in [0.1, 0.15) is 6.17 Å². The Morgan fingerprint density at radius 1 is 1.21 bits per heavy atom. The van der Waals surface area contributed by atoms with E-state index in [1.165, 1.54) is 11.1 Å². The van der Waals surface area contributed by atoms with Crippen molar-refractivity contribution in [2.24, 2.45) is 5.73 Å². The summed E-state index contributed by atoms with van der Waals surface area (Å²) >= 11 is 6.58. The number of hydrogen-bond acceptors (Lipinski definition) is 5. The van der Waals surface area contributed by atoms with Crippen LogP contribution in [0.3, 0.4) is 0 Å². The Morgan fingerprint density at radius 3 is 2.72 bits per heavy atom. The van der Waals surface area contributed by atoms with Gasteiger partial charge in [0.25, 0.3) is 0 Å². The third-order valence-electron chi connectivity index (χ3n) is 5.75. The van der Waals surface area contributed by atoms with Crippen LogP contribution < -0.4 is 16.4 Å². The summed E-state index contributed by atoms with van der Waals surface area (Å²) in [7, 11) is 4.18. The van der Waals surface area contributed by atoms with Gasteiger partial charge in [-0.2, -0.15) is 0 Å². The number of aromatic nitrogens is 2. The number of imidazole rings is 1. The second kappa shape index (κ2) is 7.71. The molecule has 2 heterocycles. The fraction of sp³-hybridized carbons (Fsp3) is 0.318. The van der Waals surface area contributed by atoms with Crippen LogP contribution in [0.5, 0.6) is 0 Å². The summed E-state index contributed by atoms with van der Waals surface area (Å²) in [5.74, 6) is 0. The first-order valence-electron chi connectivity index (χ1n) is 9.74. The molecule has 1 aliphatic heterocycles. The summed E-state index contributed by atoms with van der Waals surface area (Å²) in [6.45, 7) is 2.87. The van der Waals surface area contributed by atoms with Gasteiger partial charge in [-0.05, 0) is 62.8 Å². The molecular formula is C22H27ClN6. The SMILES string of the molecule is Cc1cccc(Cl)c1C(CCN1c2cc(N)ccc2-n2cncc2C1N)N(C)C. The van der Waals surface area contributed by atoms with Crippen LogP contribution in [-0.2, 0) is 0 Å². The molecule has 6 nitrogen and oxygen atoms in total. The van der Waals surface area contributed by atoms with Gasteiger partial charge in [-0.25, -0.2) is 4.98 Å². The first-order valence-corrected chi connectivity index (χ1v) is 10.1. The number of hydrogen-bond donors (Lipinski definition) is 2. The average molecular weight is 411 g/mol. The van der Waals surface area contributed by atoms with Crippen LogP contribution in [0.4, 0.5) is 11.4 Å². The standard InChI is InChI=1S/C22H27ClN6/c1-14-5-4-6-16(23)21(14)18(27(2)3)9-10-28-19-11-15(24)7-8-17(19)29-13-26-12-20(29)22(28)25/h4-8,11-13,18,22H,9-10,24-25H2,1-3H3. The van der Waals surface area contributed by atoms with E-state index < -0.39 is 0 Å². The second-order valence-corrected chi connectivity index (χ2v) is 8.22. The monoisotopic (exact) mass is 410 g/mol. The molecule has 152 valence electrons. The maximum atomic E-state index is 6.65. The average Bonchev–Trinajstić information content (AvgIpc) is 3.16. The molecule has 3 aromatic rings. The van der Waals surface area contributed by atoms with Crippen molar-refractivity contribution in [3.8, 4) is 5.69 Å². The van der Waals surface area contributed by atoms with Crippen molar-refractivity contribution in [1.29, 1.82) is 0 Å². The molecule has 0 spiro atoms. The number of nitrogens with two attached hydrogens (primary N) is 2. The quantitative estimate of drug-likeness (QED) is 0.624. The molecule has 2 unspecified atom stereocenters. The summed E-state index contributed by atoms with van der Waals surface area (Å²) < 4.78 is 2.04. The van der Waals surface area contributed by atoms with Crippen LogP contribution in [0.1, 0.15) is 35.4 Å². The van der Waals surface area contributed by atoms with Gasteiger partial charge in [0, 0.05) is 23.3 Å². The number of nitrogen functional groups attached to an aromatic ring is 1. The molecule has 0 saturated carbocycles. The van der Waals surface area contributed by atoms with Gasteiger partial charge < -0.3 is 21.3 Å². The zero-order chi connectivity index (χ0) is 20.7. The van der Waals surface area contributed by atoms with Crippen molar-refractivity contribution < 1.29 is 0 Å². The molecular weight excluding hydrogens is 384 g/mol. The van der Waals surface area contributed by atoms with E-state index in [0.717, 1.165) is 40.7 Å². The van der Waals surface area contributed by atoms with Crippen LogP contribution in [0.2, 0.25) is 5.02 Å². The van der Waals surface area contributed by atoms with Crippen LogP contribution in [0.25, 0.3) is 5.69 Å².